The summed E-state index contributed by atoms with van der Waals surface area (Å²) in [6.07, 6.45) is 0.754. The maximum absolute atomic E-state index is 13.0. The summed E-state index contributed by atoms with van der Waals surface area (Å²) < 4.78 is 13.0. The van der Waals surface area contributed by atoms with Gasteiger partial charge < -0.3 is 10.4 Å². The molecule has 2 N–H and O–H groups in total. The molecule has 3 nitrogen and oxygen atoms in total. The molecule has 1 amide bonds. The molecule has 0 saturated heterocycles. The fraction of sp³-hybridized carbons (Fsp3) is 0.462. The molecule has 0 aliphatic carbocycles. The molecular formula is C13H17ClFNO2. The highest BCUT2D eigenvalue weighted by atomic mass is 35.5. The third kappa shape index (κ3) is 4.18. The monoisotopic (exact) mass is 273 g/mol. The topological polar surface area (TPSA) is 49.3 Å². The molecule has 0 bridgehead atoms. The van der Waals surface area contributed by atoms with Gasteiger partial charge in [0, 0.05) is 12.4 Å². The second kappa shape index (κ2) is 6.05. The van der Waals surface area contributed by atoms with E-state index in [9.17, 15) is 14.3 Å². The molecule has 0 spiro atoms. The Kier molecular flexibility index (Phi) is 4.96. The zero-order chi connectivity index (χ0) is 13.8. The lowest BCUT2D eigenvalue weighted by Gasteiger charge is -2.23. The van der Waals surface area contributed by atoms with Crippen molar-refractivity contribution in [3.05, 3.63) is 29.6 Å². The first-order valence-corrected chi connectivity index (χ1v) is 6.22. The van der Waals surface area contributed by atoms with E-state index in [1.807, 2.05) is 13.8 Å². The SMILES string of the molecule is CC(C)(CCCl)CNC(=O)c1cc(F)ccc1O. The van der Waals surface area contributed by atoms with E-state index in [0.29, 0.717) is 12.4 Å². The maximum atomic E-state index is 13.0. The summed E-state index contributed by atoms with van der Waals surface area (Å²) in [7, 11) is 0. The number of carbonyl (C=O) groups is 1. The number of hydrogen-bond donors (Lipinski definition) is 2. The summed E-state index contributed by atoms with van der Waals surface area (Å²) in [6, 6.07) is 3.27. The Morgan fingerprint density at radius 1 is 1.50 bits per heavy atom. The van der Waals surface area contributed by atoms with E-state index in [0.717, 1.165) is 24.6 Å². The van der Waals surface area contributed by atoms with Gasteiger partial charge >= 0.3 is 0 Å². The predicted octanol–water partition coefficient (Wildman–Crippen LogP) is 2.92. The first kappa shape index (κ1) is 14.8. The molecule has 0 heterocycles. The van der Waals surface area contributed by atoms with Gasteiger partial charge in [0.15, 0.2) is 0 Å². The van der Waals surface area contributed by atoms with Crippen LogP contribution < -0.4 is 5.32 Å². The number of hydrogen-bond acceptors (Lipinski definition) is 2. The smallest absolute Gasteiger partial charge is 0.255 e. The maximum Gasteiger partial charge on any atom is 0.255 e. The number of benzene rings is 1. The molecule has 0 radical (unpaired) electrons. The Bertz CT molecular complexity index is 435. The van der Waals surface area contributed by atoms with E-state index in [2.05, 4.69) is 5.32 Å². The Hall–Kier alpha value is -1.29. The molecule has 0 unspecified atom stereocenters. The fourth-order valence-corrected chi connectivity index (χ4v) is 1.96. The van der Waals surface area contributed by atoms with Gasteiger partial charge in [-0.25, -0.2) is 4.39 Å². The zero-order valence-corrected chi connectivity index (χ0v) is 11.2. The van der Waals surface area contributed by atoms with Crippen LogP contribution >= 0.6 is 11.6 Å². The summed E-state index contributed by atoms with van der Waals surface area (Å²) in [5.41, 5.74) is -0.197. The van der Waals surface area contributed by atoms with E-state index in [1.54, 1.807) is 0 Å². The lowest BCUT2D eigenvalue weighted by molar-refractivity contribution is 0.0932. The normalized spacial score (nSPS) is 11.3. The van der Waals surface area contributed by atoms with Gasteiger partial charge in [-0.3, -0.25) is 4.79 Å². The van der Waals surface area contributed by atoms with Gasteiger partial charge in [0.25, 0.3) is 5.91 Å². The standard InChI is InChI=1S/C13H17ClFNO2/c1-13(2,5-6-14)8-16-12(18)10-7-9(15)3-4-11(10)17/h3-4,7,17H,5-6,8H2,1-2H3,(H,16,18). The minimum Gasteiger partial charge on any atom is -0.507 e. The summed E-state index contributed by atoms with van der Waals surface area (Å²) in [5.74, 6) is -0.773. The number of alkyl halides is 1. The van der Waals surface area contributed by atoms with E-state index < -0.39 is 11.7 Å². The van der Waals surface area contributed by atoms with Crippen LogP contribution in [0.25, 0.3) is 0 Å². The van der Waals surface area contributed by atoms with Gasteiger partial charge in [-0.15, -0.1) is 11.6 Å². The molecule has 100 valence electrons. The van der Waals surface area contributed by atoms with Crippen molar-refractivity contribution < 1.29 is 14.3 Å². The Morgan fingerprint density at radius 3 is 2.78 bits per heavy atom. The van der Waals surface area contributed by atoms with Crippen LogP contribution in [-0.4, -0.2) is 23.4 Å². The van der Waals surface area contributed by atoms with Crippen LogP contribution in [0.3, 0.4) is 0 Å². The number of carbonyl (C=O) groups excluding carboxylic acids is 1. The summed E-state index contributed by atoms with van der Waals surface area (Å²) in [5, 5.41) is 12.2. The van der Waals surface area contributed by atoms with Crippen molar-refractivity contribution in [1.29, 1.82) is 0 Å². The summed E-state index contributed by atoms with van der Waals surface area (Å²) in [4.78, 5) is 11.8. The summed E-state index contributed by atoms with van der Waals surface area (Å²) in [6.45, 7) is 4.36. The first-order chi connectivity index (χ1) is 8.35. The molecule has 0 aromatic heterocycles. The van der Waals surface area contributed by atoms with Crippen LogP contribution in [0.2, 0.25) is 0 Å². The molecule has 1 rings (SSSR count). The molecular weight excluding hydrogens is 257 g/mol. The van der Waals surface area contributed by atoms with Gasteiger partial charge in [0.05, 0.1) is 5.56 Å². The number of nitrogens with one attached hydrogen (secondary N) is 1. The van der Waals surface area contributed by atoms with Crippen LogP contribution in [0.1, 0.15) is 30.6 Å². The van der Waals surface area contributed by atoms with Gasteiger partial charge in [-0.2, -0.15) is 0 Å². The molecule has 1 aromatic rings. The minimum absolute atomic E-state index is 0.0586. The van der Waals surface area contributed by atoms with Crippen molar-refractivity contribution >= 4 is 17.5 Å². The van der Waals surface area contributed by atoms with Crippen molar-refractivity contribution in [2.45, 2.75) is 20.3 Å². The number of halogens is 2. The largest absolute Gasteiger partial charge is 0.507 e. The van der Waals surface area contributed by atoms with Crippen LogP contribution in [0.15, 0.2) is 18.2 Å². The number of phenolic OH excluding ortho intramolecular Hbond substituents is 1. The van der Waals surface area contributed by atoms with Crippen LogP contribution in [0.5, 0.6) is 5.75 Å². The Morgan fingerprint density at radius 2 is 2.17 bits per heavy atom. The molecule has 1 aromatic carbocycles. The van der Waals surface area contributed by atoms with Crippen LogP contribution in [-0.2, 0) is 0 Å². The van der Waals surface area contributed by atoms with Crippen molar-refractivity contribution in [1.82, 2.24) is 5.32 Å². The third-order valence-corrected chi connectivity index (χ3v) is 2.89. The van der Waals surface area contributed by atoms with Crippen molar-refractivity contribution in [2.24, 2.45) is 5.41 Å². The minimum atomic E-state index is -0.557. The highest BCUT2D eigenvalue weighted by Gasteiger charge is 2.19. The molecule has 0 atom stereocenters. The number of rotatable bonds is 5. The quantitative estimate of drug-likeness (QED) is 0.811. The Labute approximate surface area is 111 Å². The van der Waals surface area contributed by atoms with Gasteiger partial charge in [0.2, 0.25) is 0 Å². The average molecular weight is 274 g/mol. The van der Waals surface area contributed by atoms with Gasteiger partial charge in [-0.1, -0.05) is 13.8 Å². The third-order valence-electron chi connectivity index (χ3n) is 2.70. The Balaban J connectivity index is 2.69. The summed E-state index contributed by atoms with van der Waals surface area (Å²) >= 11 is 5.66. The van der Waals surface area contributed by atoms with Crippen molar-refractivity contribution in [2.75, 3.05) is 12.4 Å². The van der Waals surface area contributed by atoms with Crippen molar-refractivity contribution in [3.63, 3.8) is 0 Å². The zero-order valence-electron chi connectivity index (χ0n) is 10.5. The lowest BCUT2D eigenvalue weighted by Crippen LogP contribution is -2.34. The molecule has 0 fully saturated rings. The number of phenols is 1. The number of amides is 1. The highest BCUT2D eigenvalue weighted by molar-refractivity contribution is 6.17. The molecule has 18 heavy (non-hydrogen) atoms. The van der Waals surface area contributed by atoms with E-state index in [1.165, 1.54) is 0 Å². The van der Waals surface area contributed by atoms with Crippen LogP contribution in [0.4, 0.5) is 4.39 Å². The van der Waals surface area contributed by atoms with Gasteiger partial charge in [0.1, 0.15) is 11.6 Å². The van der Waals surface area contributed by atoms with Crippen molar-refractivity contribution in [3.8, 4) is 5.75 Å². The average Bonchev–Trinajstić information content (AvgIpc) is 2.29. The molecule has 0 saturated carbocycles. The second-order valence-corrected chi connectivity index (χ2v) is 5.33. The number of aromatic hydroxyl groups is 1. The highest BCUT2D eigenvalue weighted by Crippen LogP contribution is 2.21. The molecule has 5 heteroatoms. The predicted molar refractivity (Wildman–Crippen MR) is 69.5 cm³/mol. The van der Waals surface area contributed by atoms with Gasteiger partial charge in [-0.05, 0) is 30.0 Å². The molecule has 0 aliphatic rings. The van der Waals surface area contributed by atoms with Crippen LogP contribution in [0, 0.1) is 11.2 Å². The molecule has 0 aliphatic heterocycles. The van der Waals surface area contributed by atoms with E-state index >= 15 is 0 Å². The second-order valence-electron chi connectivity index (χ2n) is 4.95. The van der Waals surface area contributed by atoms with E-state index in [-0.39, 0.29) is 16.7 Å². The first-order valence-electron chi connectivity index (χ1n) is 5.68. The van der Waals surface area contributed by atoms with E-state index in [4.69, 9.17) is 11.6 Å². The fourth-order valence-electron chi connectivity index (χ4n) is 1.45. The lowest BCUT2D eigenvalue weighted by atomic mass is 9.90.